The van der Waals surface area contributed by atoms with Gasteiger partial charge in [-0.1, -0.05) is 31.0 Å². The van der Waals surface area contributed by atoms with E-state index in [-0.39, 0.29) is 30.8 Å². The molecule has 1 saturated carbocycles. The van der Waals surface area contributed by atoms with Crippen LogP contribution in [0, 0.1) is 0 Å². The molecule has 3 aromatic rings. The number of rotatable bonds is 4. The molecule has 2 aromatic carbocycles. The van der Waals surface area contributed by atoms with Crippen molar-refractivity contribution < 1.29 is 14.3 Å². The van der Waals surface area contributed by atoms with Gasteiger partial charge in [-0.3, -0.25) is 9.59 Å². The van der Waals surface area contributed by atoms with E-state index >= 15 is 0 Å². The first kappa shape index (κ1) is 17.8. The van der Waals surface area contributed by atoms with E-state index in [1.54, 1.807) is 6.07 Å². The number of H-pyrrole nitrogens is 1. The van der Waals surface area contributed by atoms with Gasteiger partial charge in [0, 0.05) is 28.6 Å². The van der Waals surface area contributed by atoms with Crippen LogP contribution in [-0.4, -0.2) is 28.6 Å². The molecule has 29 heavy (non-hydrogen) atoms. The Morgan fingerprint density at radius 3 is 2.52 bits per heavy atom. The Hall–Kier alpha value is -3.28. The van der Waals surface area contributed by atoms with Gasteiger partial charge in [0.1, 0.15) is 0 Å². The van der Waals surface area contributed by atoms with Crippen molar-refractivity contribution >= 4 is 16.8 Å². The number of nitrogens with one attached hydrogen (secondary N) is 1. The number of nitrogens with zero attached hydrogens (tertiary/aromatic N) is 1. The highest BCUT2D eigenvalue weighted by atomic mass is 16.7. The summed E-state index contributed by atoms with van der Waals surface area (Å²) >= 11 is 0. The van der Waals surface area contributed by atoms with E-state index in [0.29, 0.717) is 28.1 Å². The quantitative estimate of drug-likeness (QED) is 0.735. The molecule has 148 valence electrons. The molecule has 0 spiro atoms. The van der Waals surface area contributed by atoms with Crippen LogP contribution in [0.2, 0.25) is 0 Å². The van der Waals surface area contributed by atoms with Crippen molar-refractivity contribution in [3.05, 3.63) is 70.0 Å². The number of aromatic nitrogens is 1. The fourth-order valence-corrected chi connectivity index (χ4v) is 4.27. The summed E-state index contributed by atoms with van der Waals surface area (Å²) in [6.45, 7) is 0.474. The van der Waals surface area contributed by atoms with Gasteiger partial charge < -0.3 is 19.4 Å². The maximum absolute atomic E-state index is 13.2. The predicted molar refractivity (Wildman–Crippen MR) is 109 cm³/mol. The van der Waals surface area contributed by atoms with E-state index in [1.807, 2.05) is 47.4 Å². The van der Waals surface area contributed by atoms with Crippen LogP contribution < -0.4 is 15.0 Å². The van der Waals surface area contributed by atoms with Crippen LogP contribution >= 0.6 is 0 Å². The van der Waals surface area contributed by atoms with E-state index in [0.717, 1.165) is 31.1 Å². The van der Waals surface area contributed by atoms with Crippen molar-refractivity contribution in [2.45, 2.75) is 38.3 Å². The zero-order chi connectivity index (χ0) is 19.8. The first-order valence-corrected chi connectivity index (χ1v) is 10.0. The molecule has 0 radical (unpaired) electrons. The average Bonchev–Trinajstić information content (AvgIpc) is 3.42. The van der Waals surface area contributed by atoms with Gasteiger partial charge in [-0.15, -0.1) is 0 Å². The lowest BCUT2D eigenvalue weighted by Gasteiger charge is -2.29. The zero-order valence-electron chi connectivity index (χ0n) is 16.0. The van der Waals surface area contributed by atoms with Gasteiger partial charge in [0.25, 0.3) is 11.5 Å². The molecule has 1 fully saturated rings. The molecule has 1 amide bonds. The van der Waals surface area contributed by atoms with Crippen LogP contribution in [0.4, 0.5) is 0 Å². The van der Waals surface area contributed by atoms with Gasteiger partial charge in [0.15, 0.2) is 11.5 Å². The van der Waals surface area contributed by atoms with Crippen LogP contribution in [0.5, 0.6) is 11.5 Å². The highest BCUT2D eigenvalue weighted by molar-refractivity contribution is 5.94. The fourth-order valence-electron chi connectivity index (χ4n) is 4.27. The summed E-state index contributed by atoms with van der Waals surface area (Å²) in [5, 5.41) is 0.863. The van der Waals surface area contributed by atoms with Crippen molar-refractivity contribution in [2.24, 2.45) is 0 Å². The summed E-state index contributed by atoms with van der Waals surface area (Å²) in [4.78, 5) is 30.8. The highest BCUT2D eigenvalue weighted by Gasteiger charge is 2.28. The monoisotopic (exact) mass is 390 g/mol. The van der Waals surface area contributed by atoms with E-state index in [9.17, 15) is 9.59 Å². The lowest BCUT2D eigenvalue weighted by atomic mass is 10.1. The maximum atomic E-state index is 13.2. The Bertz CT molecular complexity index is 1120. The van der Waals surface area contributed by atoms with Gasteiger partial charge in [0.2, 0.25) is 6.79 Å². The van der Waals surface area contributed by atoms with Gasteiger partial charge in [-0.25, -0.2) is 0 Å². The molecule has 1 N–H and O–H groups in total. The van der Waals surface area contributed by atoms with Crippen LogP contribution in [0.1, 0.15) is 41.6 Å². The highest BCUT2D eigenvalue weighted by Crippen LogP contribution is 2.35. The molecule has 1 aromatic heterocycles. The van der Waals surface area contributed by atoms with E-state index in [4.69, 9.17) is 9.47 Å². The Kier molecular flexibility index (Phi) is 4.46. The number of fused-ring (bicyclic) bond motifs is 2. The average molecular weight is 390 g/mol. The molecule has 1 aliphatic carbocycles. The van der Waals surface area contributed by atoms with Crippen molar-refractivity contribution in [3.8, 4) is 11.5 Å². The zero-order valence-corrected chi connectivity index (χ0v) is 16.0. The first-order valence-electron chi connectivity index (χ1n) is 10.0. The molecule has 5 rings (SSSR count). The molecular weight excluding hydrogens is 368 g/mol. The number of amides is 1. The summed E-state index contributed by atoms with van der Waals surface area (Å²) in [6, 6.07) is 15.0. The van der Waals surface area contributed by atoms with Crippen LogP contribution in [0.15, 0.2) is 53.3 Å². The standard InChI is InChI=1S/C23H22N2O4/c26-22-17(10-16-11-20-21(29-14-28-20)12-19(16)24-22)13-25(18-8-4-5-9-18)23(27)15-6-2-1-3-7-15/h1-3,6-7,10-12,18H,4-5,8-9,13-14H2,(H,24,26). The SMILES string of the molecule is O=C(c1ccccc1)N(Cc1cc2cc3c(cc2[nH]c1=O)OCO3)C1CCCC1. The summed E-state index contributed by atoms with van der Waals surface area (Å²) in [5.74, 6) is 1.28. The van der Waals surface area contributed by atoms with Crippen molar-refractivity contribution in [3.63, 3.8) is 0 Å². The molecule has 0 atom stereocenters. The van der Waals surface area contributed by atoms with Crippen molar-refractivity contribution in [1.29, 1.82) is 0 Å². The number of hydrogen-bond acceptors (Lipinski definition) is 4. The minimum Gasteiger partial charge on any atom is -0.454 e. The topological polar surface area (TPSA) is 71.6 Å². The number of pyridine rings is 1. The van der Waals surface area contributed by atoms with E-state index < -0.39 is 0 Å². The molecular formula is C23H22N2O4. The number of aromatic amines is 1. The van der Waals surface area contributed by atoms with Crippen molar-refractivity contribution in [2.75, 3.05) is 6.79 Å². The third-order valence-corrected chi connectivity index (χ3v) is 5.80. The van der Waals surface area contributed by atoms with Crippen LogP contribution in [0.3, 0.4) is 0 Å². The van der Waals surface area contributed by atoms with Gasteiger partial charge >= 0.3 is 0 Å². The second kappa shape index (κ2) is 7.28. The number of ether oxygens (including phenoxy) is 2. The van der Waals surface area contributed by atoms with Crippen LogP contribution in [0.25, 0.3) is 10.9 Å². The largest absolute Gasteiger partial charge is 0.454 e. The summed E-state index contributed by atoms with van der Waals surface area (Å²) in [5.41, 5.74) is 1.75. The van der Waals surface area contributed by atoms with Crippen molar-refractivity contribution in [1.82, 2.24) is 9.88 Å². The van der Waals surface area contributed by atoms with E-state index in [2.05, 4.69) is 4.98 Å². The minimum absolute atomic E-state index is 0.0253. The Morgan fingerprint density at radius 2 is 1.76 bits per heavy atom. The second-order valence-corrected chi connectivity index (χ2v) is 7.65. The molecule has 0 saturated heterocycles. The third kappa shape index (κ3) is 3.35. The summed E-state index contributed by atoms with van der Waals surface area (Å²) < 4.78 is 10.8. The molecule has 0 unspecified atom stereocenters. The molecule has 1 aliphatic heterocycles. The van der Waals surface area contributed by atoms with Crippen LogP contribution in [-0.2, 0) is 6.54 Å². The molecule has 6 heteroatoms. The second-order valence-electron chi connectivity index (χ2n) is 7.65. The number of carbonyl (C=O) groups is 1. The lowest BCUT2D eigenvalue weighted by molar-refractivity contribution is 0.0664. The normalized spacial score (nSPS) is 15.7. The Labute approximate surface area is 168 Å². The first-order chi connectivity index (χ1) is 14.2. The number of carbonyl (C=O) groups excluding carboxylic acids is 1. The fraction of sp³-hybridized carbons (Fsp3) is 0.304. The molecule has 2 heterocycles. The lowest BCUT2D eigenvalue weighted by Crippen LogP contribution is -2.39. The van der Waals surface area contributed by atoms with Gasteiger partial charge in [0.05, 0.1) is 12.1 Å². The minimum atomic E-state index is -0.180. The maximum Gasteiger partial charge on any atom is 0.254 e. The number of benzene rings is 2. The smallest absolute Gasteiger partial charge is 0.254 e. The van der Waals surface area contributed by atoms with E-state index in [1.165, 1.54) is 0 Å². The molecule has 2 aliphatic rings. The Morgan fingerprint density at radius 1 is 1.03 bits per heavy atom. The predicted octanol–water partition coefficient (Wildman–Crippen LogP) is 3.84. The Balaban J connectivity index is 1.51. The van der Waals surface area contributed by atoms with Gasteiger partial charge in [-0.05, 0) is 37.1 Å². The number of hydrogen-bond donors (Lipinski definition) is 1. The third-order valence-electron chi connectivity index (χ3n) is 5.80. The van der Waals surface area contributed by atoms with Gasteiger partial charge in [-0.2, -0.15) is 0 Å². The summed E-state index contributed by atoms with van der Waals surface area (Å²) in [6.07, 6.45) is 4.17. The summed E-state index contributed by atoms with van der Waals surface area (Å²) in [7, 11) is 0. The molecule has 6 nitrogen and oxygen atoms in total. The molecule has 0 bridgehead atoms.